The maximum absolute atomic E-state index is 12.4. The first-order valence-corrected chi connectivity index (χ1v) is 7.24. The Labute approximate surface area is 120 Å². The van der Waals surface area contributed by atoms with Crippen LogP contribution in [-0.2, 0) is 13.0 Å². The standard InChI is InChI=1S/C14H12ClNO2S/c15-11-7-9(1-2-12(11)17)14(18)16-5-3-13-10(8-16)4-6-19-13/h1-2,4,6-7,17H,3,5,8H2. The van der Waals surface area contributed by atoms with Gasteiger partial charge in [0.05, 0.1) is 5.02 Å². The molecule has 1 aromatic heterocycles. The molecule has 1 aromatic carbocycles. The fourth-order valence-electron chi connectivity index (χ4n) is 2.24. The highest BCUT2D eigenvalue weighted by Gasteiger charge is 2.22. The molecule has 0 bridgehead atoms. The molecular formula is C14H12ClNO2S. The molecule has 1 N–H and O–H groups in total. The van der Waals surface area contributed by atoms with Gasteiger partial charge in [-0.1, -0.05) is 11.6 Å². The van der Waals surface area contributed by atoms with Crippen LogP contribution in [0.25, 0.3) is 0 Å². The SMILES string of the molecule is O=C(c1ccc(O)c(Cl)c1)N1CCc2sccc2C1. The van der Waals surface area contributed by atoms with Crippen LogP contribution in [0, 0.1) is 0 Å². The van der Waals surface area contributed by atoms with Crippen LogP contribution in [-0.4, -0.2) is 22.5 Å². The van der Waals surface area contributed by atoms with Gasteiger partial charge in [-0.15, -0.1) is 11.3 Å². The highest BCUT2D eigenvalue weighted by Crippen LogP contribution is 2.27. The number of rotatable bonds is 1. The second-order valence-electron chi connectivity index (χ2n) is 4.51. The molecule has 0 radical (unpaired) electrons. The number of phenols is 1. The van der Waals surface area contributed by atoms with Crippen LogP contribution in [0.4, 0.5) is 0 Å². The van der Waals surface area contributed by atoms with Crippen LogP contribution < -0.4 is 0 Å². The molecule has 0 unspecified atom stereocenters. The molecule has 3 rings (SSSR count). The van der Waals surface area contributed by atoms with Crippen molar-refractivity contribution in [2.24, 2.45) is 0 Å². The van der Waals surface area contributed by atoms with Gasteiger partial charge in [0.2, 0.25) is 0 Å². The van der Waals surface area contributed by atoms with Crippen molar-refractivity contribution in [2.75, 3.05) is 6.54 Å². The van der Waals surface area contributed by atoms with E-state index >= 15 is 0 Å². The molecule has 2 aromatic rings. The maximum atomic E-state index is 12.4. The number of phenolic OH excluding ortho intramolecular Hbond substituents is 1. The first-order chi connectivity index (χ1) is 9.15. The lowest BCUT2D eigenvalue weighted by molar-refractivity contribution is 0.0736. The number of fused-ring (bicyclic) bond motifs is 1. The van der Waals surface area contributed by atoms with E-state index in [2.05, 4.69) is 11.4 Å². The van der Waals surface area contributed by atoms with Crippen molar-refractivity contribution in [3.63, 3.8) is 0 Å². The number of thiophene rings is 1. The Kier molecular flexibility index (Phi) is 3.21. The average molecular weight is 294 g/mol. The molecule has 2 heterocycles. The molecule has 1 aliphatic heterocycles. The van der Waals surface area contributed by atoms with Gasteiger partial charge in [-0.25, -0.2) is 0 Å². The molecule has 3 nitrogen and oxygen atoms in total. The first-order valence-electron chi connectivity index (χ1n) is 5.98. The fraction of sp³-hybridized carbons (Fsp3) is 0.214. The predicted octanol–water partition coefficient (Wildman–Crippen LogP) is 3.31. The van der Waals surface area contributed by atoms with Gasteiger partial charge in [0.15, 0.2) is 0 Å². The van der Waals surface area contributed by atoms with Crippen LogP contribution in [0.5, 0.6) is 5.75 Å². The maximum Gasteiger partial charge on any atom is 0.254 e. The van der Waals surface area contributed by atoms with E-state index in [1.807, 2.05) is 4.90 Å². The van der Waals surface area contributed by atoms with Crippen LogP contribution in [0.15, 0.2) is 29.6 Å². The number of carbonyl (C=O) groups excluding carboxylic acids is 1. The summed E-state index contributed by atoms with van der Waals surface area (Å²) in [5.74, 6) is -0.0456. The Bertz CT molecular complexity index is 638. The van der Waals surface area contributed by atoms with Crippen molar-refractivity contribution in [3.05, 3.63) is 50.7 Å². The number of hydrogen-bond donors (Lipinski definition) is 1. The molecule has 0 atom stereocenters. The lowest BCUT2D eigenvalue weighted by atomic mass is 10.1. The number of carbonyl (C=O) groups is 1. The number of amides is 1. The zero-order valence-corrected chi connectivity index (χ0v) is 11.7. The van der Waals surface area contributed by atoms with Crippen molar-refractivity contribution in [3.8, 4) is 5.75 Å². The third-order valence-corrected chi connectivity index (χ3v) is 4.62. The summed E-state index contributed by atoms with van der Waals surface area (Å²) in [4.78, 5) is 15.6. The molecule has 0 aliphatic carbocycles. The van der Waals surface area contributed by atoms with Gasteiger partial charge < -0.3 is 10.0 Å². The minimum atomic E-state index is -0.0428. The summed E-state index contributed by atoms with van der Waals surface area (Å²) in [6.07, 6.45) is 0.907. The Hall–Kier alpha value is -1.52. The van der Waals surface area contributed by atoms with Crippen molar-refractivity contribution in [2.45, 2.75) is 13.0 Å². The molecule has 0 spiro atoms. The van der Waals surface area contributed by atoms with Crippen molar-refractivity contribution < 1.29 is 9.90 Å². The number of halogens is 1. The number of benzene rings is 1. The Morgan fingerprint density at radius 2 is 2.21 bits per heavy atom. The molecule has 1 amide bonds. The van der Waals surface area contributed by atoms with Crippen molar-refractivity contribution in [1.29, 1.82) is 0 Å². The normalized spacial score (nSPS) is 14.3. The van der Waals surface area contributed by atoms with Crippen molar-refractivity contribution >= 4 is 28.8 Å². The Morgan fingerprint density at radius 3 is 3.00 bits per heavy atom. The van der Waals surface area contributed by atoms with Gasteiger partial charge in [0.1, 0.15) is 5.75 Å². The largest absolute Gasteiger partial charge is 0.506 e. The second-order valence-corrected chi connectivity index (χ2v) is 5.92. The van der Waals surface area contributed by atoms with E-state index in [1.165, 1.54) is 22.6 Å². The summed E-state index contributed by atoms with van der Waals surface area (Å²) < 4.78 is 0. The van der Waals surface area contributed by atoms with Crippen LogP contribution >= 0.6 is 22.9 Å². The molecule has 0 saturated carbocycles. The van der Waals surface area contributed by atoms with Crippen LogP contribution in [0.3, 0.4) is 0 Å². The summed E-state index contributed by atoms with van der Waals surface area (Å²) in [7, 11) is 0. The molecule has 0 fully saturated rings. The van der Waals surface area contributed by atoms with Gasteiger partial charge in [-0.05, 0) is 41.6 Å². The summed E-state index contributed by atoms with van der Waals surface area (Å²) in [5, 5.41) is 11.7. The van der Waals surface area contributed by atoms with Gasteiger partial charge in [-0.2, -0.15) is 0 Å². The Balaban J connectivity index is 1.83. The lowest BCUT2D eigenvalue weighted by Crippen LogP contribution is -2.35. The highest BCUT2D eigenvalue weighted by molar-refractivity contribution is 7.10. The molecule has 1 aliphatic rings. The minimum absolute atomic E-state index is 0.00279. The average Bonchev–Trinajstić information content (AvgIpc) is 2.88. The minimum Gasteiger partial charge on any atom is -0.506 e. The molecule has 98 valence electrons. The van der Waals surface area contributed by atoms with E-state index in [1.54, 1.807) is 17.4 Å². The van der Waals surface area contributed by atoms with E-state index in [-0.39, 0.29) is 16.7 Å². The van der Waals surface area contributed by atoms with E-state index in [4.69, 9.17) is 11.6 Å². The van der Waals surface area contributed by atoms with E-state index < -0.39 is 0 Å². The molecule has 5 heteroatoms. The lowest BCUT2D eigenvalue weighted by Gasteiger charge is -2.27. The smallest absolute Gasteiger partial charge is 0.254 e. The topological polar surface area (TPSA) is 40.5 Å². The Morgan fingerprint density at radius 1 is 1.37 bits per heavy atom. The second kappa shape index (κ2) is 4.87. The summed E-state index contributed by atoms with van der Waals surface area (Å²) in [6.45, 7) is 1.38. The van der Waals surface area contributed by atoms with Crippen LogP contribution in [0.2, 0.25) is 5.02 Å². The molecule has 19 heavy (non-hydrogen) atoms. The fourth-order valence-corrected chi connectivity index (χ4v) is 3.31. The van der Waals surface area contributed by atoms with Gasteiger partial charge >= 0.3 is 0 Å². The third kappa shape index (κ3) is 2.33. The quantitative estimate of drug-likeness (QED) is 0.876. The van der Waals surface area contributed by atoms with E-state index in [9.17, 15) is 9.90 Å². The first kappa shape index (κ1) is 12.5. The van der Waals surface area contributed by atoms with E-state index in [0.717, 1.165) is 13.0 Å². The molecule has 0 saturated heterocycles. The molecular weight excluding hydrogens is 282 g/mol. The van der Waals surface area contributed by atoms with Gasteiger partial charge in [0.25, 0.3) is 5.91 Å². The summed E-state index contributed by atoms with van der Waals surface area (Å²) >= 11 is 7.59. The monoisotopic (exact) mass is 293 g/mol. The van der Waals surface area contributed by atoms with E-state index in [0.29, 0.717) is 12.1 Å². The predicted molar refractivity (Wildman–Crippen MR) is 75.9 cm³/mol. The van der Waals surface area contributed by atoms with Crippen LogP contribution in [0.1, 0.15) is 20.8 Å². The highest BCUT2D eigenvalue weighted by atomic mass is 35.5. The number of nitrogens with zero attached hydrogens (tertiary/aromatic N) is 1. The van der Waals surface area contributed by atoms with Gasteiger partial charge in [0, 0.05) is 23.5 Å². The zero-order chi connectivity index (χ0) is 13.4. The summed E-state index contributed by atoms with van der Waals surface area (Å²) in [6, 6.07) is 6.65. The van der Waals surface area contributed by atoms with Crippen molar-refractivity contribution in [1.82, 2.24) is 4.90 Å². The number of aromatic hydroxyl groups is 1. The number of hydrogen-bond acceptors (Lipinski definition) is 3. The zero-order valence-electron chi connectivity index (χ0n) is 10.1. The third-order valence-electron chi connectivity index (χ3n) is 3.29. The van der Waals surface area contributed by atoms with Gasteiger partial charge in [-0.3, -0.25) is 4.79 Å². The summed E-state index contributed by atoms with van der Waals surface area (Å²) in [5.41, 5.74) is 1.75.